The van der Waals surface area contributed by atoms with Gasteiger partial charge in [0.1, 0.15) is 5.00 Å². The van der Waals surface area contributed by atoms with Gasteiger partial charge in [-0.1, -0.05) is 19.1 Å². The molecule has 0 fully saturated rings. The minimum absolute atomic E-state index is 0.0209. The molecule has 1 heterocycles. The molecule has 10 heteroatoms. The average molecular weight is 425 g/mol. The summed E-state index contributed by atoms with van der Waals surface area (Å²) in [6.07, 6.45) is -0.926. The van der Waals surface area contributed by atoms with E-state index in [1.807, 2.05) is 0 Å². The summed E-state index contributed by atoms with van der Waals surface area (Å²) in [5.74, 6) is -1.54. The molecule has 0 bridgehead atoms. The largest absolute Gasteiger partial charge is 0.453 e. The molecule has 1 aromatic carbocycles. The Morgan fingerprint density at radius 2 is 1.75 bits per heavy atom. The molecular formula is C18H20N2O6S2. The number of hydrogen-bond acceptors (Lipinski definition) is 7. The van der Waals surface area contributed by atoms with Crippen LogP contribution in [0.3, 0.4) is 0 Å². The summed E-state index contributed by atoms with van der Waals surface area (Å²) in [7, 11) is -2.49. The van der Waals surface area contributed by atoms with E-state index in [9.17, 15) is 22.8 Å². The number of aryl methyl sites for hydroxylation is 1. The van der Waals surface area contributed by atoms with Gasteiger partial charge in [0, 0.05) is 4.88 Å². The number of benzene rings is 1. The van der Waals surface area contributed by atoms with E-state index >= 15 is 0 Å². The topological polar surface area (TPSA) is 119 Å². The van der Waals surface area contributed by atoms with Crippen LogP contribution in [0.5, 0.6) is 0 Å². The first-order valence-corrected chi connectivity index (χ1v) is 10.7. The predicted molar refractivity (Wildman–Crippen MR) is 106 cm³/mol. The Bertz CT molecular complexity index is 1040. The Kier molecular flexibility index (Phi) is 6.57. The molecule has 0 radical (unpaired) electrons. The minimum atomic E-state index is -3.61. The van der Waals surface area contributed by atoms with Crippen LogP contribution < -0.4 is 10.6 Å². The van der Waals surface area contributed by atoms with Crippen LogP contribution in [0.2, 0.25) is 0 Å². The molecule has 0 aliphatic rings. The highest BCUT2D eigenvalue weighted by Crippen LogP contribution is 2.33. The van der Waals surface area contributed by atoms with E-state index in [2.05, 4.69) is 15.4 Å². The number of hydrogen-bond donors (Lipinski definition) is 2. The second kappa shape index (κ2) is 8.53. The average Bonchev–Trinajstić information content (AvgIpc) is 2.94. The molecule has 1 aromatic heterocycles. The van der Waals surface area contributed by atoms with Crippen molar-refractivity contribution in [3.05, 3.63) is 45.8 Å². The molecule has 2 rings (SSSR count). The number of imide groups is 1. The van der Waals surface area contributed by atoms with Crippen molar-refractivity contribution < 1.29 is 27.5 Å². The number of alkyl carbamates (subject to hydrolysis) is 1. The van der Waals surface area contributed by atoms with Crippen molar-refractivity contribution in [3.8, 4) is 0 Å². The molecule has 2 N–H and O–H groups in total. The summed E-state index contributed by atoms with van der Waals surface area (Å²) in [5, 5.41) is 4.87. The Hall–Kier alpha value is -2.72. The first-order valence-electron chi connectivity index (χ1n) is 8.24. The maximum atomic E-state index is 12.8. The SMILES string of the molecule is CCS(=O)(=O)c1ccccc1C(=O)Nc1sc(C)c(C)c1C(=O)NC(=O)OC. The normalized spacial score (nSPS) is 11.0. The molecule has 0 spiro atoms. The molecule has 28 heavy (non-hydrogen) atoms. The molecule has 150 valence electrons. The Labute approximate surface area is 166 Å². The summed E-state index contributed by atoms with van der Waals surface area (Å²) in [5.41, 5.74) is 0.695. The maximum Gasteiger partial charge on any atom is 0.413 e. The van der Waals surface area contributed by atoms with Gasteiger partial charge in [-0.2, -0.15) is 0 Å². The van der Waals surface area contributed by atoms with Crippen molar-refractivity contribution in [3.63, 3.8) is 0 Å². The fourth-order valence-electron chi connectivity index (χ4n) is 2.45. The third-order valence-corrected chi connectivity index (χ3v) is 7.00. The van der Waals surface area contributed by atoms with E-state index in [4.69, 9.17) is 0 Å². The number of carbonyl (C=O) groups is 3. The molecule has 3 amide bonds. The number of carbonyl (C=O) groups excluding carboxylic acids is 3. The van der Waals surface area contributed by atoms with E-state index < -0.39 is 27.7 Å². The standard InChI is InChI=1S/C18H20N2O6S2/c1-5-28(24,25)13-9-7-6-8-12(13)15(21)19-17-14(10(2)11(3)27-17)16(22)20-18(23)26-4/h6-9H,5H2,1-4H3,(H,19,21)(H,20,22,23). The Balaban J connectivity index is 2.43. The lowest BCUT2D eigenvalue weighted by molar-refractivity contribution is 0.0937. The van der Waals surface area contributed by atoms with Crippen molar-refractivity contribution in [1.82, 2.24) is 5.32 Å². The van der Waals surface area contributed by atoms with Crippen LogP contribution in [0.15, 0.2) is 29.2 Å². The molecule has 0 atom stereocenters. The fourth-order valence-corrected chi connectivity index (χ4v) is 4.59. The highest BCUT2D eigenvalue weighted by Gasteiger charge is 2.25. The van der Waals surface area contributed by atoms with Gasteiger partial charge >= 0.3 is 6.09 Å². The van der Waals surface area contributed by atoms with Gasteiger partial charge in [0.25, 0.3) is 11.8 Å². The summed E-state index contributed by atoms with van der Waals surface area (Å²) >= 11 is 1.15. The second-order valence-electron chi connectivity index (χ2n) is 5.79. The van der Waals surface area contributed by atoms with Crippen molar-refractivity contribution in [2.75, 3.05) is 18.2 Å². The zero-order valence-corrected chi connectivity index (χ0v) is 17.4. The molecule has 8 nitrogen and oxygen atoms in total. The number of rotatable bonds is 5. The predicted octanol–water partition coefficient (Wildman–Crippen LogP) is 2.91. The Morgan fingerprint density at radius 1 is 1.11 bits per heavy atom. The van der Waals surface area contributed by atoms with Crippen LogP contribution in [0.25, 0.3) is 0 Å². The molecule has 0 saturated carbocycles. The molecular weight excluding hydrogens is 404 g/mol. The van der Waals surface area contributed by atoms with Crippen LogP contribution >= 0.6 is 11.3 Å². The van der Waals surface area contributed by atoms with E-state index in [1.54, 1.807) is 19.9 Å². The third-order valence-electron chi connectivity index (χ3n) is 4.09. The summed E-state index contributed by atoms with van der Waals surface area (Å²) in [4.78, 5) is 37.2. The van der Waals surface area contributed by atoms with E-state index in [-0.39, 0.29) is 26.8 Å². The van der Waals surface area contributed by atoms with Crippen molar-refractivity contribution in [2.24, 2.45) is 0 Å². The highest BCUT2D eigenvalue weighted by molar-refractivity contribution is 7.91. The van der Waals surface area contributed by atoms with Gasteiger partial charge < -0.3 is 10.1 Å². The van der Waals surface area contributed by atoms with Crippen LogP contribution in [0.4, 0.5) is 9.80 Å². The zero-order chi connectivity index (χ0) is 21.1. The smallest absolute Gasteiger partial charge is 0.413 e. The highest BCUT2D eigenvalue weighted by atomic mass is 32.2. The fraction of sp³-hybridized carbons (Fsp3) is 0.278. The maximum absolute atomic E-state index is 12.8. The lowest BCUT2D eigenvalue weighted by Crippen LogP contribution is -2.31. The Morgan fingerprint density at radius 3 is 2.36 bits per heavy atom. The zero-order valence-electron chi connectivity index (χ0n) is 15.8. The van der Waals surface area contributed by atoms with Gasteiger partial charge in [-0.25, -0.2) is 13.2 Å². The van der Waals surface area contributed by atoms with Crippen LogP contribution in [-0.4, -0.2) is 39.2 Å². The lowest BCUT2D eigenvalue weighted by Gasteiger charge is -2.10. The number of anilines is 1. The number of amides is 3. The monoisotopic (exact) mass is 424 g/mol. The number of sulfone groups is 1. The van der Waals surface area contributed by atoms with Crippen LogP contribution in [0, 0.1) is 13.8 Å². The minimum Gasteiger partial charge on any atom is -0.453 e. The number of methoxy groups -OCH3 is 1. The summed E-state index contributed by atoms with van der Waals surface area (Å²) in [6, 6.07) is 5.86. The van der Waals surface area contributed by atoms with E-state index in [0.29, 0.717) is 5.56 Å². The summed E-state index contributed by atoms with van der Waals surface area (Å²) in [6.45, 7) is 4.94. The van der Waals surface area contributed by atoms with E-state index in [0.717, 1.165) is 23.3 Å². The van der Waals surface area contributed by atoms with Gasteiger partial charge in [0.15, 0.2) is 9.84 Å². The molecule has 0 aliphatic heterocycles. The van der Waals surface area contributed by atoms with Gasteiger partial charge in [-0.15, -0.1) is 11.3 Å². The number of nitrogens with one attached hydrogen (secondary N) is 2. The lowest BCUT2D eigenvalue weighted by atomic mass is 10.1. The first-order chi connectivity index (χ1) is 13.1. The molecule has 0 saturated heterocycles. The van der Waals surface area contributed by atoms with Crippen LogP contribution in [0.1, 0.15) is 38.1 Å². The van der Waals surface area contributed by atoms with Gasteiger partial charge in [0.05, 0.1) is 28.9 Å². The third kappa shape index (κ3) is 4.39. The molecule has 0 aliphatic carbocycles. The van der Waals surface area contributed by atoms with Crippen molar-refractivity contribution >= 4 is 44.1 Å². The molecule has 0 unspecified atom stereocenters. The first kappa shape index (κ1) is 21.6. The van der Waals surface area contributed by atoms with Gasteiger partial charge in [-0.3, -0.25) is 14.9 Å². The summed E-state index contributed by atoms with van der Waals surface area (Å²) < 4.78 is 29.0. The van der Waals surface area contributed by atoms with Crippen molar-refractivity contribution in [1.29, 1.82) is 0 Å². The second-order valence-corrected chi connectivity index (χ2v) is 9.26. The van der Waals surface area contributed by atoms with Gasteiger partial charge in [-0.05, 0) is 31.5 Å². The van der Waals surface area contributed by atoms with E-state index in [1.165, 1.54) is 25.1 Å². The number of ether oxygens (including phenoxy) is 1. The van der Waals surface area contributed by atoms with Crippen LogP contribution in [-0.2, 0) is 14.6 Å². The number of thiophene rings is 1. The quantitative estimate of drug-likeness (QED) is 0.762. The molecule has 2 aromatic rings. The van der Waals surface area contributed by atoms with Gasteiger partial charge in [0.2, 0.25) is 0 Å². The van der Waals surface area contributed by atoms with Crippen molar-refractivity contribution in [2.45, 2.75) is 25.7 Å².